The van der Waals surface area contributed by atoms with Crippen molar-refractivity contribution in [2.75, 3.05) is 6.61 Å². The van der Waals surface area contributed by atoms with Crippen LogP contribution in [0.3, 0.4) is 0 Å². The van der Waals surface area contributed by atoms with E-state index in [4.69, 9.17) is 4.74 Å². The van der Waals surface area contributed by atoms with E-state index < -0.39 is 0 Å². The van der Waals surface area contributed by atoms with Gasteiger partial charge in [-0.3, -0.25) is 4.79 Å². The predicted molar refractivity (Wildman–Crippen MR) is 60.9 cm³/mol. The highest BCUT2D eigenvalue weighted by atomic mass is 16.5. The highest BCUT2D eigenvalue weighted by Gasteiger charge is 2.65. The number of carbonyl (C=O) groups is 1. The van der Waals surface area contributed by atoms with E-state index in [-0.39, 0.29) is 11.3 Å². The van der Waals surface area contributed by atoms with Crippen LogP contribution in [0.2, 0.25) is 0 Å². The van der Waals surface area contributed by atoms with Crippen LogP contribution in [0.1, 0.15) is 32.1 Å². The van der Waals surface area contributed by atoms with E-state index in [0.717, 1.165) is 13.0 Å². The Labute approximate surface area is 96.2 Å². The van der Waals surface area contributed by atoms with E-state index in [0.29, 0.717) is 18.1 Å². The summed E-state index contributed by atoms with van der Waals surface area (Å²) in [6.45, 7) is 4.40. The number of carbonyl (C=O) groups excluding carboxylic acids is 1. The van der Waals surface area contributed by atoms with Gasteiger partial charge in [-0.1, -0.05) is 19.4 Å². The first kappa shape index (κ1) is 10.3. The van der Waals surface area contributed by atoms with Crippen molar-refractivity contribution in [3.8, 4) is 0 Å². The summed E-state index contributed by atoms with van der Waals surface area (Å²) in [7, 11) is 0. The molecule has 2 aliphatic carbocycles. The second kappa shape index (κ2) is 3.59. The Morgan fingerprint density at radius 2 is 2.19 bits per heavy atom. The molecule has 3 unspecified atom stereocenters. The number of hydrogen-bond donors (Lipinski definition) is 1. The molecule has 1 saturated heterocycles. The van der Waals surface area contributed by atoms with Crippen molar-refractivity contribution < 1.29 is 9.53 Å². The second-order valence-corrected chi connectivity index (χ2v) is 5.37. The van der Waals surface area contributed by atoms with Crippen LogP contribution in [0.15, 0.2) is 12.7 Å². The molecule has 2 saturated carbocycles. The third kappa shape index (κ3) is 1.21. The molecule has 3 heteroatoms. The van der Waals surface area contributed by atoms with Crippen molar-refractivity contribution in [2.45, 2.75) is 44.2 Å². The molecular formula is C13H19NO2. The maximum Gasteiger partial charge on any atom is 0.243 e. The minimum absolute atomic E-state index is 0.0263. The smallest absolute Gasteiger partial charge is 0.243 e. The molecule has 1 amide bonds. The normalized spacial score (nSPS) is 39.1. The summed E-state index contributed by atoms with van der Waals surface area (Å²) in [4.78, 5) is 11.5. The number of amides is 1. The van der Waals surface area contributed by atoms with Gasteiger partial charge in [-0.25, -0.2) is 0 Å². The number of hydrogen-bond acceptors (Lipinski definition) is 2. The van der Waals surface area contributed by atoms with Gasteiger partial charge >= 0.3 is 0 Å². The van der Waals surface area contributed by atoms with Crippen molar-refractivity contribution in [3.63, 3.8) is 0 Å². The Balaban J connectivity index is 1.79. The molecule has 3 nitrogen and oxygen atoms in total. The first-order valence-corrected chi connectivity index (χ1v) is 6.32. The zero-order valence-electron chi connectivity index (χ0n) is 9.58. The van der Waals surface area contributed by atoms with Gasteiger partial charge in [0.25, 0.3) is 0 Å². The summed E-state index contributed by atoms with van der Waals surface area (Å²) >= 11 is 0. The minimum Gasteiger partial charge on any atom is -0.377 e. The Morgan fingerprint density at radius 3 is 2.88 bits per heavy atom. The SMILES string of the molecule is C=CC(=O)NC1C2CCOC2C12CCCC2. The number of rotatable bonds is 2. The molecule has 0 aromatic carbocycles. The van der Waals surface area contributed by atoms with Crippen LogP contribution in [0, 0.1) is 11.3 Å². The molecule has 1 heterocycles. The van der Waals surface area contributed by atoms with Gasteiger partial charge in [0, 0.05) is 24.0 Å². The largest absolute Gasteiger partial charge is 0.377 e. The molecule has 3 fully saturated rings. The van der Waals surface area contributed by atoms with Crippen LogP contribution >= 0.6 is 0 Å². The van der Waals surface area contributed by atoms with Gasteiger partial charge in [0.05, 0.1) is 6.10 Å². The maximum absolute atomic E-state index is 11.5. The lowest BCUT2D eigenvalue weighted by Gasteiger charge is -2.56. The summed E-state index contributed by atoms with van der Waals surface area (Å²) in [6, 6.07) is 0.341. The fraction of sp³-hybridized carbons (Fsp3) is 0.769. The third-order valence-corrected chi connectivity index (χ3v) is 4.77. The van der Waals surface area contributed by atoms with Gasteiger partial charge < -0.3 is 10.1 Å². The summed E-state index contributed by atoms with van der Waals surface area (Å²) in [5.41, 5.74) is 0.264. The molecular weight excluding hydrogens is 202 g/mol. The predicted octanol–water partition coefficient (Wildman–Crippen LogP) is 1.64. The molecule has 16 heavy (non-hydrogen) atoms. The van der Waals surface area contributed by atoms with E-state index >= 15 is 0 Å². The molecule has 3 atom stereocenters. The van der Waals surface area contributed by atoms with Crippen molar-refractivity contribution in [3.05, 3.63) is 12.7 Å². The van der Waals surface area contributed by atoms with Crippen LogP contribution in [-0.2, 0) is 9.53 Å². The fourth-order valence-corrected chi connectivity index (χ4v) is 4.12. The van der Waals surface area contributed by atoms with Gasteiger partial charge in [-0.05, 0) is 25.3 Å². The monoisotopic (exact) mass is 221 g/mol. The van der Waals surface area contributed by atoms with Gasteiger partial charge in [0.15, 0.2) is 0 Å². The Bertz CT molecular complexity index is 320. The summed E-state index contributed by atoms with van der Waals surface area (Å²) in [5, 5.41) is 3.13. The van der Waals surface area contributed by atoms with Crippen molar-refractivity contribution in [2.24, 2.45) is 11.3 Å². The van der Waals surface area contributed by atoms with E-state index in [9.17, 15) is 4.79 Å². The standard InChI is InChI=1S/C13H19NO2/c1-2-10(15)14-11-9-5-8-16-12(9)13(11)6-3-4-7-13/h2,9,11-12H,1,3-8H2,(H,14,15). The van der Waals surface area contributed by atoms with Gasteiger partial charge in [0.2, 0.25) is 5.91 Å². The zero-order valence-corrected chi connectivity index (χ0v) is 9.58. The fourth-order valence-electron chi connectivity index (χ4n) is 4.12. The van der Waals surface area contributed by atoms with Crippen LogP contribution in [0.4, 0.5) is 0 Å². The first-order chi connectivity index (χ1) is 7.78. The van der Waals surface area contributed by atoms with Gasteiger partial charge in [0.1, 0.15) is 0 Å². The van der Waals surface area contributed by atoms with E-state index in [2.05, 4.69) is 11.9 Å². The molecule has 0 bridgehead atoms. The molecule has 1 N–H and O–H groups in total. The third-order valence-electron chi connectivity index (χ3n) is 4.77. The van der Waals surface area contributed by atoms with Crippen LogP contribution in [-0.4, -0.2) is 24.7 Å². The van der Waals surface area contributed by atoms with E-state index in [1.165, 1.54) is 31.8 Å². The summed E-state index contributed by atoms with van der Waals surface area (Å²) < 4.78 is 5.86. The average Bonchev–Trinajstić information content (AvgIpc) is 2.92. The van der Waals surface area contributed by atoms with Crippen LogP contribution in [0.5, 0.6) is 0 Å². The minimum atomic E-state index is -0.0263. The lowest BCUT2D eigenvalue weighted by Crippen LogP contribution is -2.68. The van der Waals surface area contributed by atoms with Crippen molar-refractivity contribution in [1.82, 2.24) is 5.32 Å². The molecule has 1 aliphatic heterocycles. The molecule has 3 aliphatic rings. The topological polar surface area (TPSA) is 38.3 Å². The molecule has 0 radical (unpaired) electrons. The Hall–Kier alpha value is -0.830. The molecule has 3 rings (SSSR count). The lowest BCUT2D eigenvalue weighted by atomic mass is 9.54. The number of nitrogens with one attached hydrogen (secondary N) is 1. The number of fused-ring (bicyclic) bond motifs is 2. The zero-order chi connectivity index (χ0) is 11.2. The van der Waals surface area contributed by atoms with Crippen molar-refractivity contribution >= 4 is 5.91 Å². The molecule has 1 spiro atoms. The molecule has 0 aromatic heterocycles. The van der Waals surface area contributed by atoms with Gasteiger partial charge in [-0.15, -0.1) is 0 Å². The Kier molecular flexibility index (Phi) is 2.32. The van der Waals surface area contributed by atoms with Gasteiger partial charge in [-0.2, -0.15) is 0 Å². The quantitative estimate of drug-likeness (QED) is 0.720. The summed E-state index contributed by atoms with van der Waals surface area (Å²) in [6.07, 6.45) is 7.91. The maximum atomic E-state index is 11.5. The first-order valence-electron chi connectivity index (χ1n) is 6.32. The number of ether oxygens (including phenoxy) is 1. The molecule has 88 valence electrons. The highest BCUT2D eigenvalue weighted by Crippen LogP contribution is 2.60. The van der Waals surface area contributed by atoms with E-state index in [1.807, 2.05) is 0 Å². The van der Waals surface area contributed by atoms with Crippen LogP contribution < -0.4 is 5.32 Å². The Morgan fingerprint density at radius 1 is 1.44 bits per heavy atom. The average molecular weight is 221 g/mol. The van der Waals surface area contributed by atoms with E-state index in [1.54, 1.807) is 0 Å². The molecule has 0 aromatic rings. The second-order valence-electron chi connectivity index (χ2n) is 5.37. The van der Waals surface area contributed by atoms with Crippen molar-refractivity contribution in [1.29, 1.82) is 0 Å². The summed E-state index contributed by atoms with van der Waals surface area (Å²) in [5.74, 6) is 0.531. The van der Waals surface area contributed by atoms with Crippen LogP contribution in [0.25, 0.3) is 0 Å². The lowest BCUT2D eigenvalue weighted by molar-refractivity contribution is -0.142. The highest BCUT2D eigenvalue weighted by molar-refractivity contribution is 5.87.